The van der Waals surface area contributed by atoms with Crippen LogP contribution in [0.4, 0.5) is 0 Å². The van der Waals surface area contributed by atoms with E-state index in [0.29, 0.717) is 6.54 Å². The van der Waals surface area contributed by atoms with Crippen LogP contribution < -0.4 is 0 Å². The molecule has 2 aliphatic rings. The second kappa shape index (κ2) is 4.13. The Bertz CT molecular complexity index is 371. The van der Waals surface area contributed by atoms with Crippen LogP contribution in [-0.2, 0) is 10.0 Å². The first-order chi connectivity index (χ1) is 7.53. The molecule has 4 nitrogen and oxygen atoms in total. The third-order valence-corrected chi connectivity index (χ3v) is 5.48. The van der Waals surface area contributed by atoms with Crippen LogP contribution in [0.5, 0.6) is 0 Å². The van der Waals surface area contributed by atoms with E-state index in [1.54, 1.807) is 0 Å². The molecule has 0 amide bonds. The van der Waals surface area contributed by atoms with Crippen molar-refractivity contribution in [3.63, 3.8) is 0 Å². The molecule has 1 atom stereocenters. The molecule has 0 aromatic rings. The van der Waals surface area contributed by atoms with Gasteiger partial charge >= 0.3 is 0 Å². The Morgan fingerprint density at radius 3 is 2.56 bits per heavy atom. The van der Waals surface area contributed by atoms with E-state index >= 15 is 0 Å². The Morgan fingerprint density at radius 2 is 2.06 bits per heavy atom. The normalized spacial score (nSPS) is 29.9. The van der Waals surface area contributed by atoms with Crippen LogP contribution in [0.15, 0.2) is 12.0 Å². The number of aliphatic hydroxyl groups is 1. The zero-order valence-electron chi connectivity index (χ0n) is 9.43. The maximum atomic E-state index is 11.8. The molecular formula is C11H19NO3S. The first-order valence-electron chi connectivity index (χ1n) is 5.78. The molecule has 0 aromatic heterocycles. The quantitative estimate of drug-likeness (QED) is 0.809. The minimum Gasteiger partial charge on any atom is -0.395 e. The molecule has 5 heteroatoms. The lowest BCUT2D eigenvalue weighted by atomic mass is 9.84. The van der Waals surface area contributed by atoms with Gasteiger partial charge in [0.2, 0.25) is 10.0 Å². The average Bonchev–Trinajstić information content (AvgIpc) is 2.87. The molecule has 1 N–H and O–H groups in total. The van der Waals surface area contributed by atoms with Gasteiger partial charge in [0.1, 0.15) is 0 Å². The number of hydrogen-bond acceptors (Lipinski definition) is 3. The molecule has 1 aliphatic carbocycles. The van der Waals surface area contributed by atoms with Crippen molar-refractivity contribution in [3.05, 3.63) is 12.0 Å². The third kappa shape index (κ3) is 1.92. The summed E-state index contributed by atoms with van der Waals surface area (Å²) in [6.45, 7) is 3.82. The van der Waals surface area contributed by atoms with Crippen molar-refractivity contribution in [2.45, 2.75) is 38.1 Å². The highest BCUT2D eigenvalue weighted by Crippen LogP contribution is 2.48. The van der Waals surface area contributed by atoms with Gasteiger partial charge in [-0.1, -0.05) is 19.4 Å². The number of sulfonamides is 1. The monoisotopic (exact) mass is 245 g/mol. The lowest BCUT2D eigenvalue weighted by molar-refractivity contribution is 0.213. The molecule has 0 bridgehead atoms. The minimum absolute atomic E-state index is 0.0885. The summed E-state index contributed by atoms with van der Waals surface area (Å²) in [6.07, 6.45) is 5.34. The van der Waals surface area contributed by atoms with E-state index in [-0.39, 0.29) is 18.1 Å². The van der Waals surface area contributed by atoms with Gasteiger partial charge in [-0.05, 0) is 24.7 Å². The fourth-order valence-corrected chi connectivity index (χ4v) is 4.36. The standard InChI is InChI=1S/C11H19NO3S/c1-2-16(14,15)12-9-11(5-3-4-6-11)7-10(12)8-13/h2,10,13H,1,3-9H2. The Hall–Kier alpha value is -0.390. The highest BCUT2D eigenvalue weighted by molar-refractivity contribution is 7.92. The Morgan fingerprint density at radius 1 is 1.44 bits per heavy atom. The van der Waals surface area contributed by atoms with Crippen molar-refractivity contribution in [3.8, 4) is 0 Å². The highest BCUT2D eigenvalue weighted by Gasteiger charge is 2.48. The van der Waals surface area contributed by atoms with Crippen LogP contribution in [0.25, 0.3) is 0 Å². The number of nitrogens with zero attached hydrogens (tertiary/aromatic N) is 1. The van der Waals surface area contributed by atoms with Gasteiger partial charge in [-0.2, -0.15) is 4.31 Å². The summed E-state index contributed by atoms with van der Waals surface area (Å²) in [7, 11) is -3.39. The van der Waals surface area contributed by atoms with Gasteiger partial charge in [0, 0.05) is 18.0 Å². The first kappa shape index (κ1) is 12.1. The predicted molar refractivity (Wildman–Crippen MR) is 62.2 cm³/mol. The van der Waals surface area contributed by atoms with Crippen LogP contribution in [-0.4, -0.2) is 37.0 Å². The number of hydrogen-bond donors (Lipinski definition) is 1. The molecule has 1 saturated heterocycles. The maximum absolute atomic E-state index is 11.8. The zero-order valence-corrected chi connectivity index (χ0v) is 10.2. The predicted octanol–water partition coefficient (Wildman–Crippen LogP) is 1.09. The molecule has 92 valence electrons. The summed E-state index contributed by atoms with van der Waals surface area (Å²) in [5.74, 6) is 0. The molecule has 16 heavy (non-hydrogen) atoms. The third-order valence-electron chi connectivity index (χ3n) is 3.98. The van der Waals surface area contributed by atoms with Crippen molar-refractivity contribution < 1.29 is 13.5 Å². The lowest BCUT2D eigenvalue weighted by Gasteiger charge is -2.22. The largest absolute Gasteiger partial charge is 0.395 e. The van der Waals surface area contributed by atoms with Crippen LogP contribution in [0.1, 0.15) is 32.1 Å². The summed E-state index contributed by atoms with van der Waals surface area (Å²) < 4.78 is 25.1. The fraction of sp³-hybridized carbons (Fsp3) is 0.818. The van der Waals surface area contributed by atoms with Gasteiger partial charge in [-0.15, -0.1) is 0 Å². The summed E-state index contributed by atoms with van der Waals surface area (Å²) in [4.78, 5) is 0. The number of rotatable bonds is 3. The molecule has 0 radical (unpaired) electrons. The molecule has 1 aliphatic heterocycles. The van der Waals surface area contributed by atoms with Crippen molar-refractivity contribution in [2.24, 2.45) is 5.41 Å². The molecule has 2 rings (SSSR count). The van der Waals surface area contributed by atoms with E-state index in [1.807, 2.05) is 0 Å². The van der Waals surface area contributed by atoms with E-state index in [2.05, 4.69) is 6.58 Å². The summed E-state index contributed by atoms with van der Waals surface area (Å²) in [6, 6.07) is -0.249. The minimum atomic E-state index is -3.39. The van der Waals surface area contributed by atoms with Crippen LogP contribution in [0, 0.1) is 5.41 Å². The van der Waals surface area contributed by atoms with E-state index < -0.39 is 10.0 Å². The van der Waals surface area contributed by atoms with Crippen LogP contribution in [0.2, 0.25) is 0 Å². The van der Waals surface area contributed by atoms with Gasteiger partial charge in [0.05, 0.1) is 6.61 Å². The molecule has 2 fully saturated rings. The van der Waals surface area contributed by atoms with Crippen molar-refractivity contribution in [1.29, 1.82) is 0 Å². The SMILES string of the molecule is C=CS(=O)(=O)N1CC2(CCCC2)CC1CO. The summed E-state index contributed by atoms with van der Waals surface area (Å²) in [5, 5.41) is 10.3. The van der Waals surface area contributed by atoms with Crippen molar-refractivity contribution in [1.82, 2.24) is 4.31 Å². The molecule has 1 heterocycles. The van der Waals surface area contributed by atoms with E-state index in [0.717, 1.165) is 24.7 Å². The van der Waals surface area contributed by atoms with Crippen molar-refractivity contribution in [2.75, 3.05) is 13.2 Å². The van der Waals surface area contributed by atoms with Crippen molar-refractivity contribution >= 4 is 10.0 Å². The molecule has 1 unspecified atom stereocenters. The van der Waals surface area contributed by atoms with E-state index in [4.69, 9.17) is 0 Å². The molecule has 0 aromatic carbocycles. The number of aliphatic hydroxyl groups excluding tert-OH is 1. The van der Waals surface area contributed by atoms with E-state index in [1.165, 1.54) is 17.1 Å². The van der Waals surface area contributed by atoms with Crippen LogP contribution >= 0.6 is 0 Å². The molecular weight excluding hydrogens is 226 g/mol. The summed E-state index contributed by atoms with van der Waals surface area (Å²) in [5.41, 5.74) is 0.128. The van der Waals surface area contributed by atoms with Crippen LogP contribution in [0.3, 0.4) is 0 Å². The lowest BCUT2D eigenvalue weighted by Crippen LogP contribution is -2.36. The molecule has 1 saturated carbocycles. The zero-order chi connectivity index (χ0) is 11.8. The second-order valence-electron chi connectivity index (χ2n) is 5.00. The fourth-order valence-electron chi connectivity index (χ4n) is 3.16. The Labute approximate surface area is 97.0 Å². The molecule has 1 spiro atoms. The average molecular weight is 245 g/mol. The Kier molecular flexibility index (Phi) is 3.11. The summed E-state index contributed by atoms with van der Waals surface area (Å²) >= 11 is 0. The van der Waals surface area contributed by atoms with Gasteiger partial charge in [0.25, 0.3) is 0 Å². The van der Waals surface area contributed by atoms with Gasteiger partial charge in [-0.25, -0.2) is 8.42 Å². The van der Waals surface area contributed by atoms with E-state index in [9.17, 15) is 13.5 Å². The van der Waals surface area contributed by atoms with Gasteiger partial charge < -0.3 is 5.11 Å². The smallest absolute Gasteiger partial charge is 0.235 e. The highest BCUT2D eigenvalue weighted by atomic mass is 32.2. The maximum Gasteiger partial charge on any atom is 0.235 e. The Balaban J connectivity index is 2.23. The van der Waals surface area contributed by atoms with Gasteiger partial charge in [-0.3, -0.25) is 0 Å². The topological polar surface area (TPSA) is 57.6 Å². The van der Waals surface area contributed by atoms with Gasteiger partial charge in [0.15, 0.2) is 0 Å². The second-order valence-corrected chi connectivity index (χ2v) is 6.84. The first-order valence-corrected chi connectivity index (χ1v) is 7.28.